The molecular formula is C25H33N3O3. The molecule has 2 aliphatic heterocycles. The van der Waals surface area contributed by atoms with E-state index >= 15 is 0 Å². The Kier molecular flexibility index (Phi) is 7.30. The van der Waals surface area contributed by atoms with Gasteiger partial charge in [0, 0.05) is 50.7 Å². The van der Waals surface area contributed by atoms with E-state index in [1.54, 1.807) is 7.11 Å². The number of hydrogen-bond donors (Lipinski definition) is 1. The number of unbranched alkanes of at least 4 members (excludes halogenated alkanes) is 1. The highest BCUT2D eigenvalue weighted by molar-refractivity contribution is 5.79. The Morgan fingerprint density at radius 2 is 1.81 bits per heavy atom. The van der Waals surface area contributed by atoms with E-state index in [0.29, 0.717) is 19.6 Å². The topological polar surface area (TPSA) is 54.0 Å². The molecule has 2 saturated heterocycles. The van der Waals surface area contributed by atoms with E-state index in [4.69, 9.17) is 9.47 Å². The van der Waals surface area contributed by atoms with Crippen LogP contribution in [0.15, 0.2) is 48.5 Å². The maximum Gasteiger partial charge on any atom is 0.220 e. The minimum atomic E-state index is 0.118. The fraction of sp³-hybridized carbons (Fsp3) is 0.480. The second kappa shape index (κ2) is 10.5. The molecule has 2 aromatic rings. The van der Waals surface area contributed by atoms with Crippen LogP contribution in [0, 0.1) is 0 Å². The normalized spacial score (nSPS) is 19.3. The van der Waals surface area contributed by atoms with Crippen molar-refractivity contribution in [3.63, 3.8) is 0 Å². The number of benzene rings is 2. The zero-order chi connectivity index (χ0) is 21.5. The largest absolute Gasteiger partial charge is 0.493 e. The molecule has 0 spiro atoms. The number of anilines is 1. The summed E-state index contributed by atoms with van der Waals surface area (Å²) in [5, 5.41) is 2.90. The van der Waals surface area contributed by atoms with Gasteiger partial charge in [0.15, 0.2) is 11.5 Å². The lowest BCUT2D eigenvalue weighted by Crippen LogP contribution is -2.46. The van der Waals surface area contributed by atoms with Gasteiger partial charge in [-0.3, -0.25) is 9.69 Å². The summed E-state index contributed by atoms with van der Waals surface area (Å²) in [6.07, 6.45) is 2.67. The molecule has 6 nitrogen and oxygen atoms in total. The molecule has 1 atom stereocenters. The van der Waals surface area contributed by atoms with Crippen LogP contribution in [0.3, 0.4) is 0 Å². The van der Waals surface area contributed by atoms with Crippen LogP contribution in [0.5, 0.6) is 11.5 Å². The molecule has 2 aromatic carbocycles. The highest BCUT2D eigenvalue weighted by Gasteiger charge is 2.24. The molecule has 0 aromatic heterocycles. The first-order chi connectivity index (χ1) is 15.2. The van der Waals surface area contributed by atoms with Gasteiger partial charge in [0.2, 0.25) is 5.91 Å². The van der Waals surface area contributed by atoms with Crippen molar-refractivity contribution in [2.75, 3.05) is 57.9 Å². The maximum absolute atomic E-state index is 11.5. The molecule has 0 saturated carbocycles. The van der Waals surface area contributed by atoms with Crippen LogP contribution in [-0.4, -0.2) is 63.8 Å². The monoisotopic (exact) mass is 423 g/mol. The standard InChI is InChI=1S/C25H33N3O3/c1-30-23-10-9-20(21-18-25(29)26-19-21)17-24(23)31-16-6-5-11-27-12-14-28(15-13-27)22-7-3-2-4-8-22/h2-4,7-10,17,21H,5-6,11-16,18-19H2,1H3,(H,26,29). The van der Waals surface area contributed by atoms with Crippen LogP contribution in [0.4, 0.5) is 5.69 Å². The first-order valence-electron chi connectivity index (χ1n) is 11.3. The zero-order valence-corrected chi connectivity index (χ0v) is 18.4. The number of methoxy groups -OCH3 is 1. The molecule has 0 radical (unpaired) electrons. The van der Waals surface area contributed by atoms with Crippen LogP contribution in [0.25, 0.3) is 0 Å². The lowest BCUT2D eigenvalue weighted by Gasteiger charge is -2.36. The van der Waals surface area contributed by atoms with Crippen LogP contribution >= 0.6 is 0 Å². The lowest BCUT2D eigenvalue weighted by molar-refractivity contribution is -0.119. The van der Waals surface area contributed by atoms with Gasteiger partial charge in [-0.2, -0.15) is 0 Å². The van der Waals surface area contributed by atoms with Gasteiger partial charge in [0.25, 0.3) is 0 Å². The summed E-state index contributed by atoms with van der Waals surface area (Å²) < 4.78 is 11.5. The number of nitrogens with one attached hydrogen (secondary N) is 1. The Labute approximate surface area is 185 Å². The molecule has 0 bridgehead atoms. The summed E-state index contributed by atoms with van der Waals surface area (Å²) in [7, 11) is 1.66. The predicted octanol–water partition coefficient (Wildman–Crippen LogP) is 3.28. The average molecular weight is 424 g/mol. The Morgan fingerprint density at radius 3 is 2.52 bits per heavy atom. The fourth-order valence-corrected chi connectivity index (χ4v) is 4.39. The van der Waals surface area contributed by atoms with E-state index in [-0.39, 0.29) is 11.8 Å². The van der Waals surface area contributed by atoms with E-state index in [2.05, 4.69) is 45.4 Å². The molecule has 1 unspecified atom stereocenters. The third kappa shape index (κ3) is 5.70. The smallest absolute Gasteiger partial charge is 0.220 e. The summed E-state index contributed by atoms with van der Waals surface area (Å²) in [5.74, 6) is 1.86. The molecule has 6 heteroatoms. The van der Waals surface area contributed by atoms with Crippen molar-refractivity contribution in [2.24, 2.45) is 0 Å². The summed E-state index contributed by atoms with van der Waals surface area (Å²) in [5.41, 5.74) is 2.45. The second-order valence-electron chi connectivity index (χ2n) is 8.34. The van der Waals surface area contributed by atoms with E-state index in [9.17, 15) is 4.79 Å². The number of ether oxygens (including phenoxy) is 2. The number of carbonyl (C=O) groups is 1. The van der Waals surface area contributed by atoms with Crippen molar-refractivity contribution in [1.82, 2.24) is 10.2 Å². The predicted molar refractivity (Wildman–Crippen MR) is 123 cm³/mol. The third-order valence-electron chi connectivity index (χ3n) is 6.26. The number of carbonyl (C=O) groups excluding carboxylic acids is 1. The summed E-state index contributed by atoms with van der Waals surface area (Å²) in [4.78, 5) is 16.5. The zero-order valence-electron chi connectivity index (χ0n) is 18.4. The van der Waals surface area contributed by atoms with E-state index in [1.165, 1.54) is 5.69 Å². The SMILES string of the molecule is COc1ccc(C2CNC(=O)C2)cc1OCCCCN1CCN(c2ccccc2)CC1. The van der Waals surface area contributed by atoms with Gasteiger partial charge in [0.1, 0.15) is 0 Å². The molecule has 2 fully saturated rings. The first kappa shape index (κ1) is 21.5. The van der Waals surface area contributed by atoms with Crippen LogP contribution in [0.1, 0.15) is 30.7 Å². The van der Waals surface area contributed by atoms with Gasteiger partial charge in [-0.25, -0.2) is 0 Å². The van der Waals surface area contributed by atoms with Gasteiger partial charge in [0.05, 0.1) is 13.7 Å². The van der Waals surface area contributed by atoms with Crippen molar-refractivity contribution in [1.29, 1.82) is 0 Å². The van der Waals surface area contributed by atoms with Crippen LogP contribution in [-0.2, 0) is 4.79 Å². The van der Waals surface area contributed by atoms with E-state index in [1.807, 2.05) is 18.2 Å². The van der Waals surface area contributed by atoms with Gasteiger partial charge in [-0.15, -0.1) is 0 Å². The fourth-order valence-electron chi connectivity index (χ4n) is 4.39. The number of nitrogens with zero attached hydrogens (tertiary/aromatic N) is 2. The average Bonchev–Trinajstić information content (AvgIpc) is 3.26. The van der Waals surface area contributed by atoms with Crippen molar-refractivity contribution >= 4 is 11.6 Å². The van der Waals surface area contributed by atoms with Gasteiger partial charge in [-0.05, 0) is 49.2 Å². The lowest BCUT2D eigenvalue weighted by atomic mass is 9.98. The summed E-state index contributed by atoms with van der Waals surface area (Å²) >= 11 is 0. The minimum absolute atomic E-state index is 0.118. The van der Waals surface area contributed by atoms with Crippen molar-refractivity contribution in [3.05, 3.63) is 54.1 Å². The van der Waals surface area contributed by atoms with E-state index < -0.39 is 0 Å². The number of hydrogen-bond acceptors (Lipinski definition) is 5. The summed E-state index contributed by atoms with van der Waals surface area (Å²) in [6, 6.07) is 16.7. The molecule has 2 heterocycles. The highest BCUT2D eigenvalue weighted by Crippen LogP contribution is 2.33. The molecule has 2 aliphatic rings. The van der Waals surface area contributed by atoms with Gasteiger partial charge >= 0.3 is 0 Å². The maximum atomic E-state index is 11.5. The van der Waals surface area contributed by atoms with Gasteiger partial charge in [-0.1, -0.05) is 24.3 Å². The molecule has 166 valence electrons. The molecule has 1 N–H and O–H groups in total. The first-order valence-corrected chi connectivity index (χ1v) is 11.3. The third-order valence-corrected chi connectivity index (χ3v) is 6.26. The Balaban J connectivity index is 1.18. The number of para-hydroxylation sites is 1. The summed E-state index contributed by atoms with van der Waals surface area (Å²) in [6.45, 7) is 6.87. The molecule has 31 heavy (non-hydrogen) atoms. The van der Waals surface area contributed by atoms with Crippen molar-refractivity contribution < 1.29 is 14.3 Å². The Hall–Kier alpha value is -2.73. The molecule has 0 aliphatic carbocycles. The van der Waals surface area contributed by atoms with Gasteiger partial charge < -0.3 is 19.7 Å². The van der Waals surface area contributed by atoms with E-state index in [0.717, 1.165) is 62.6 Å². The molecule has 4 rings (SSSR count). The van der Waals surface area contributed by atoms with Crippen LogP contribution < -0.4 is 19.7 Å². The Morgan fingerprint density at radius 1 is 1.00 bits per heavy atom. The van der Waals surface area contributed by atoms with Crippen LogP contribution in [0.2, 0.25) is 0 Å². The Bertz CT molecular complexity index is 850. The number of rotatable bonds is 9. The second-order valence-corrected chi connectivity index (χ2v) is 8.34. The highest BCUT2D eigenvalue weighted by atomic mass is 16.5. The number of amides is 1. The number of piperazine rings is 1. The quantitative estimate of drug-likeness (QED) is 0.628. The minimum Gasteiger partial charge on any atom is -0.493 e. The molecular weight excluding hydrogens is 390 g/mol. The van der Waals surface area contributed by atoms with Crippen molar-refractivity contribution in [3.8, 4) is 11.5 Å². The van der Waals surface area contributed by atoms with Crippen molar-refractivity contribution in [2.45, 2.75) is 25.2 Å². The molecule has 1 amide bonds.